The van der Waals surface area contributed by atoms with E-state index in [-0.39, 0.29) is 0 Å². The molecule has 2 N–H and O–H groups in total. The zero-order chi connectivity index (χ0) is 51.7. The van der Waals surface area contributed by atoms with Crippen molar-refractivity contribution in [2.75, 3.05) is 12.3 Å². The van der Waals surface area contributed by atoms with E-state index in [4.69, 9.17) is 47.4 Å². The van der Waals surface area contributed by atoms with Gasteiger partial charge in [-0.1, -0.05) is 137 Å². The van der Waals surface area contributed by atoms with Gasteiger partial charge < -0.3 is 0 Å². The van der Waals surface area contributed by atoms with E-state index in [9.17, 15) is 14.2 Å². The fourth-order valence-corrected chi connectivity index (χ4v) is 15.9. The average Bonchev–Trinajstić information content (AvgIpc) is 3.24. The zero-order valence-electron chi connectivity index (χ0n) is 37.2. The molecule has 0 atom stereocenters. The van der Waals surface area contributed by atoms with Crippen molar-refractivity contribution in [3.8, 4) is 0 Å². The molecule has 22 heteroatoms. The van der Waals surface area contributed by atoms with E-state index < -0.39 is 68.5 Å². The van der Waals surface area contributed by atoms with Gasteiger partial charge in [0.05, 0.1) is 12.3 Å². The fraction of sp³-hybridized carbons (Fsp3) is 0.217. The molecule has 6 aromatic rings. The van der Waals surface area contributed by atoms with Crippen molar-refractivity contribution < 1.29 is 116 Å². The van der Waals surface area contributed by atoms with Crippen molar-refractivity contribution in [2.45, 2.75) is 40.5 Å². The number of benzene rings is 6. The summed E-state index contributed by atoms with van der Waals surface area (Å²) in [6.07, 6.45) is 4.93. The van der Waals surface area contributed by atoms with E-state index in [0.29, 0.717) is 11.8 Å². The molecule has 0 aliphatic carbocycles. The van der Waals surface area contributed by atoms with Crippen molar-refractivity contribution in [1.29, 1.82) is 0 Å². The van der Waals surface area contributed by atoms with Crippen LogP contribution in [0.25, 0.3) is 0 Å². The van der Waals surface area contributed by atoms with Gasteiger partial charge in [0.25, 0.3) is 0 Å². The van der Waals surface area contributed by atoms with Crippen molar-refractivity contribution in [3.63, 3.8) is 0 Å². The van der Waals surface area contributed by atoms with Crippen LogP contribution in [0.2, 0.25) is 0 Å². The van der Waals surface area contributed by atoms with Crippen LogP contribution in [0.15, 0.2) is 182 Å². The van der Waals surface area contributed by atoms with Crippen LogP contribution in [0.3, 0.4) is 0 Å². The van der Waals surface area contributed by atoms with E-state index in [1.807, 2.05) is 0 Å². The summed E-state index contributed by atoms with van der Waals surface area (Å²) in [7, 11) is -3.21. The molecule has 68 heavy (non-hydrogen) atoms. The molecule has 0 amide bonds. The normalized spacial score (nSPS) is 11.6. The molecule has 12 nitrogen and oxygen atoms in total. The molecule has 0 aliphatic heterocycles. The number of halogens is 4. The van der Waals surface area contributed by atoms with Crippen molar-refractivity contribution in [2.24, 2.45) is 11.8 Å². The summed E-state index contributed by atoms with van der Waals surface area (Å²) in [5.74, 6) is 1.42. The van der Waals surface area contributed by atoms with E-state index in [2.05, 4.69) is 210 Å². The summed E-state index contributed by atoms with van der Waals surface area (Å²) >= 11 is -23.0. The Morgan fingerprint density at radius 3 is 0.588 bits per heavy atom. The summed E-state index contributed by atoms with van der Waals surface area (Å²) in [6, 6.07) is 66.9. The van der Waals surface area contributed by atoms with Gasteiger partial charge in [0, 0.05) is 0 Å². The molecule has 0 saturated heterocycles. The number of hydrogen-bond donors (Lipinski definition) is 2. The Morgan fingerprint density at radius 2 is 0.485 bits per heavy atom. The Labute approximate surface area is 405 Å². The molecular weight excluding hydrogens is 1100 g/mol. The second-order valence-corrected chi connectivity index (χ2v) is 26.8. The maximum absolute atomic E-state index is 10.3. The molecule has 0 aromatic heterocycles. The first-order valence-electron chi connectivity index (χ1n) is 20.0. The monoisotopic (exact) mass is 1160 g/mol. The first-order chi connectivity index (χ1) is 31.5. The van der Waals surface area contributed by atoms with Gasteiger partial charge >= 0.3 is 116 Å². The Hall–Kier alpha value is -3.78. The zero-order valence-corrected chi connectivity index (χ0v) is 43.7. The van der Waals surface area contributed by atoms with Crippen LogP contribution in [0.1, 0.15) is 40.5 Å². The van der Waals surface area contributed by atoms with Crippen LogP contribution in [-0.4, -0.2) is 20.7 Å². The predicted molar refractivity (Wildman–Crippen MR) is 233 cm³/mol. The first kappa shape index (κ1) is 62.2. The Bertz CT molecular complexity index is 2290. The van der Waals surface area contributed by atoms with Crippen molar-refractivity contribution in [3.05, 3.63) is 182 Å². The fourth-order valence-electron chi connectivity index (χ4n) is 6.67. The topological polar surface area (TPSA) is 223 Å². The van der Waals surface area contributed by atoms with Crippen molar-refractivity contribution in [1.82, 2.24) is 0 Å². The molecule has 0 heterocycles. The SMILES string of the molecule is CC(C)CC[P+](c1ccccc1)(c1ccccc1)c1ccccc1.CC(C)CC[P+](c1ccccc1)(c1ccccc1)c1ccccc1.[O]=[Mn](=[O])([O-])[F].[O]=[Mn](=[O])([O-])[F].[O]=[Mn](=[O])([OH])[F].[O]=[Mn](=[O])([OH])[F]. The molecule has 0 bridgehead atoms. The van der Waals surface area contributed by atoms with Crippen molar-refractivity contribution >= 4 is 46.4 Å². The molecule has 0 saturated carbocycles. The maximum atomic E-state index is 10.3. The minimum absolute atomic E-state index is 0.709. The van der Waals surface area contributed by atoms with Crippen LogP contribution in [0, 0.1) is 11.8 Å². The van der Waals surface area contributed by atoms with E-state index >= 15 is 0 Å². The van der Waals surface area contributed by atoms with Crippen LogP contribution in [-0.2, 0) is 84.6 Å². The second kappa shape index (κ2) is 30.1. The third kappa shape index (κ3) is 27.4. The number of rotatable bonds is 12. The van der Waals surface area contributed by atoms with Gasteiger partial charge in [0.2, 0.25) is 0 Å². The minimum atomic E-state index is -5.88. The molecule has 0 unspecified atom stereocenters. The summed E-state index contributed by atoms with van der Waals surface area (Å²) in [4.78, 5) is 0. The van der Waals surface area contributed by atoms with Crippen LogP contribution < -0.4 is 40.2 Å². The first-order valence-corrected chi connectivity index (χ1v) is 31.6. The van der Waals surface area contributed by atoms with Gasteiger partial charge in [-0.05, 0) is 97.5 Å². The van der Waals surface area contributed by atoms with Gasteiger partial charge in [-0.2, -0.15) is 0 Å². The standard InChI is InChI=1S/2C23H26P.4FH.4Mn.2H2O.10O/c2*1-20(2)18-19-24(21-12-6-3-7-13-21,22-14-8-4-9-15-22)23-16-10-5-11-17-23;;;;;;;;;;;;;;;;;;;;/h2*3-17,20H,18-19H2,1-2H3;4*1H;;;;;2*1H2;;;;;;;;;;/q2*+1;;;;;2*+1;2*+2;;;;;;;;;;;2*-1/p-6. The average molecular weight is 1160 g/mol. The van der Waals surface area contributed by atoms with E-state index in [0.717, 1.165) is 0 Å². The summed E-state index contributed by atoms with van der Waals surface area (Å²) in [5.41, 5.74) is 0. The number of hydrogen-bond acceptors (Lipinski definition) is 10. The summed E-state index contributed by atoms with van der Waals surface area (Å²) in [5, 5.41) is 8.93. The summed E-state index contributed by atoms with van der Waals surface area (Å²) in [6.45, 7) is 9.32. The molecule has 0 aliphatic rings. The quantitative estimate of drug-likeness (QED) is 0.0701. The van der Waals surface area contributed by atoms with Gasteiger partial charge in [0.1, 0.15) is 46.4 Å². The van der Waals surface area contributed by atoms with Gasteiger partial charge in [-0.3, -0.25) is 0 Å². The predicted octanol–water partition coefficient (Wildman–Crippen LogP) is 7.28. The molecule has 6 rings (SSSR count). The molecular formula is C46H54F4Mn4O12P2. The summed E-state index contributed by atoms with van der Waals surface area (Å²) < 4.78 is 140. The molecule has 0 radical (unpaired) electrons. The van der Waals surface area contributed by atoms with Crippen LogP contribution in [0.4, 0.5) is 14.2 Å². The van der Waals surface area contributed by atoms with Gasteiger partial charge in [0.15, 0.2) is 0 Å². The van der Waals surface area contributed by atoms with E-state index in [1.54, 1.807) is 0 Å². The Kier molecular flexibility index (Phi) is 27.5. The third-order valence-electron chi connectivity index (χ3n) is 9.27. The van der Waals surface area contributed by atoms with E-state index in [1.165, 1.54) is 57.0 Å². The molecule has 0 spiro atoms. The molecule has 0 fully saturated rings. The van der Waals surface area contributed by atoms with Crippen LogP contribution in [0.5, 0.6) is 0 Å². The van der Waals surface area contributed by atoms with Gasteiger partial charge in [-0.25, -0.2) is 0 Å². The van der Waals surface area contributed by atoms with Gasteiger partial charge in [-0.15, -0.1) is 0 Å². The second-order valence-electron chi connectivity index (χ2n) is 14.9. The Morgan fingerprint density at radius 1 is 0.368 bits per heavy atom. The molecule has 376 valence electrons. The van der Waals surface area contributed by atoms with Crippen LogP contribution >= 0.6 is 14.5 Å². The Balaban J connectivity index is 0.000000488. The molecule has 6 aromatic carbocycles. The third-order valence-corrected chi connectivity index (χ3v) is 18.2.